The molecule has 0 aliphatic rings. The molecule has 7 nitrogen and oxygen atoms in total. The predicted octanol–water partition coefficient (Wildman–Crippen LogP) is 2.66. The molecule has 138 valence electrons. The first-order valence-corrected chi connectivity index (χ1v) is 9.08. The number of nitrogens with zero attached hydrogens (tertiary/aromatic N) is 2. The maximum atomic E-state index is 12.1. The monoisotopic (exact) mass is 382 g/mol. The Morgan fingerprint density at radius 1 is 1.19 bits per heavy atom. The van der Waals surface area contributed by atoms with Crippen molar-refractivity contribution < 1.29 is 14.3 Å². The van der Waals surface area contributed by atoms with Gasteiger partial charge < -0.3 is 10.1 Å². The Kier molecular flexibility index (Phi) is 6.11. The van der Waals surface area contributed by atoms with Gasteiger partial charge >= 0.3 is 0 Å². The minimum atomic E-state index is -0.229. The number of hydrogen-bond acceptors (Lipinski definition) is 6. The fourth-order valence-electron chi connectivity index (χ4n) is 2.30. The van der Waals surface area contributed by atoms with Gasteiger partial charge in [-0.15, -0.1) is 11.3 Å². The van der Waals surface area contributed by atoms with Crippen LogP contribution in [-0.4, -0.2) is 28.9 Å². The third kappa shape index (κ3) is 5.35. The minimum absolute atomic E-state index is 0.139. The Labute approximate surface area is 160 Å². The molecule has 2 aromatic heterocycles. The number of aromatic nitrogens is 2. The summed E-state index contributed by atoms with van der Waals surface area (Å²) in [5.41, 5.74) is 2.05. The number of benzene rings is 1. The van der Waals surface area contributed by atoms with E-state index in [2.05, 4.69) is 20.6 Å². The number of amides is 2. The number of hydrogen-bond donors (Lipinski definition) is 2. The number of rotatable bonds is 7. The summed E-state index contributed by atoms with van der Waals surface area (Å²) in [5, 5.41) is 7.79. The van der Waals surface area contributed by atoms with Crippen molar-refractivity contribution in [3.8, 4) is 5.88 Å². The van der Waals surface area contributed by atoms with E-state index >= 15 is 0 Å². The van der Waals surface area contributed by atoms with E-state index in [4.69, 9.17) is 4.74 Å². The van der Waals surface area contributed by atoms with E-state index in [0.717, 1.165) is 5.56 Å². The number of carbonyl (C=O) groups is 2. The highest BCUT2D eigenvalue weighted by atomic mass is 32.1. The summed E-state index contributed by atoms with van der Waals surface area (Å²) in [4.78, 5) is 32.5. The number of anilines is 1. The molecule has 0 bridgehead atoms. The van der Waals surface area contributed by atoms with E-state index in [9.17, 15) is 9.59 Å². The summed E-state index contributed by atoms with van der Waals surface area (Å²) < 4.78 is 5.06. The number of nitrogens with one attached hydrogen (secondary N) is 2. The van der Waals surface area contributed by atoms with Gasteiger partial charge in [0.2, 0.25) is 11.8 Å². The minimum Gasteiger partial charge on any atom is -0.481 e. The van der Waals surface area contributed by atoms with Crippen LogP contribution in [0.15, 0.2) is 54.0 Å². The zero-order valence-corrected chi connectivity index (χ0v) is 15.5. The molecule has 0 radical (unpaired) electrons. The number of ether oxygens (including phenoxy) is 1. The molecule has 8 heteroatoms. The Bertz CT molecular complexity index is 927. The Morgan fingerprint density at radius 2 is 2.00 bits per heavy atom. The lowest BCUT2D eigenvalue weighted by molar-refractivity contribution is -0.120. The van der Waals surface area contributed by atoms with E-state index in [1.54, 1.807) is 49.0 Å². The highest BCUT2D eigenvalue weighted by Crippen LogP contribution is 2.17. The Hall–Kier alpha value is -3.26. The molecule has 1 aromatic carbocycles. The molecule has 3 rings (SSSR count). The first-order chi connectivity index (χ1) is 13.1. The molecule has 0 fully saturated rings. The van der Waals surface area contributed by atoms with Crippen molar-refractivity contribution in [1.82, 2.24) is 15.3 Å². The molecule has 0 atom stereocenters. The van der Waals surface area contributed by atoms with Crippen LogP contribution < -0.4 is 15.4 Å². The zero-order valence-electron chi connectivity index (χ0n) is 14.6. The molecule has 2 amide bonds. The highest BCUT2D eigenvalue weighted by Gasteiger charge is 2.11. The molecule has 2 heterocycles. The van der Waals surface area contributed by atoms with E-state index < -0.39 is 0 Å². The number of methoxy groups -OCH3 is 1. The second-order valence-corrected chi connectivity index (χ2v) is 6.48. The van der Waals surface area contributed by atoms with Crippen LogP contribution in [0.25, 0.3) is 0 Å². The lowest BCUT2D eigenvalue weighted by atomic mass is 10.2. The first-order valence-electron chi connectivity index (χ1n) is 8.20. The SMILES string of the molecule is COc1cc(CNC(=O)Cc2csc(NC(=O)c3ccccc3)n2)ccn1. The molecule has 0 saturated heterocycles. The van der Waals surface area contributed by atoms with Crippen molar-refractivity contribution in [2.24, 2.45) is 0 Å². The maximum Gasteiger partial charge on any atom is 0.257 e. The van der Waals surface area contributed by atoms with Crippen molar-refractivity contribution in [2.45, 2.75) is 13.0 Å². The second-order valence-electron chi connectivity index (χ2n) is 5.62. The van der Waals surface area contributed by atoms with Crippen molar-refractivity contribution in [3.05, 3.63) is 70.9 Å². The van der Waals surface area contributed by atoms with Crippen LogP contribution in [0.5, 0.6) is 5.88 Å². The lowest BCUT2D eigenvalue weighted by Crippen LogP contribution is -2.24. The highest BCUT2D eigenvalue weighted by molar-refractivity contribution is 7.14. The fourth-order valence-corrected chi connectivity index (χ4v) is 3.01. The van der Waals surface area contributed by atoms with Gasteiger partial charge in [0.25, 0.3) is 5.91 Å². The smallest absolute Gasteiger partial charge is 0.257 e. The number of thiazole rings is 1. The van der Waals surface area contributed by atoms with Gasteiger partial charge in [-0.1, -0.05) is 18.2 Å². The lowest BCUT2D eigenvalue weighted by Gasteiger charge is -2.05. The molecular formula is C19H18N4O3S. The van der Waals surface area contributed by atoms with Crippen molar-refractivity contribution in [2.75, 3.05) is 12.4 Å². The van der Waals surface area contributed by atoms with Crippen LogP contribution in [0.3, 0.4) is 0 Å². The van der Waals surface area contributed by atoms with Crippen molar-refractivity contribution in [1.29, 1.82) is 0 Å². The van der Waals surface area contributed by atoms with Crippen LogP contribution in [0, 0.1) is 0 Å². The molecule has 27 heavy (non-hydrogen) atoms. The topological polar surface area (TPSA) is 93.2 Å². The average molecular weight is 382 g/mol. The summed E-state index contributed by atoms with van der Waals surface area (Å²) in [6.45, 7) is 0.374. The van der Waals surface area contributed by atoms with Crippen LogP contribution >= 0.6 is 11.3 Å². The molecule has 0 unspecified atom stereocenters. The number of pyridine rings is 1. The van der Waals surface area contributed by atoms with Gasteiger partial charge in [-0.2, -0.15) is 0 Å². The second kappa shape index (κ2) is 8.91. The first kappa shape index (κ1) is 18.5. The van der Waals surface area contributed by atoms with Gasteiger partial charge in [0.05, 0.1) is 19.2 Å². The van der Waals surface area contributed by atoms with Crippen LogP contribution in [0.4, 0.5) is 5.13 Å². The third-order valence-corrected chi connectivity index (χ3v) is 4.45. The predicted molar refractivity (Wildman–Crippen MR) is 103 cm³/mol. The van der Waals surface area contributed by atoms with Gasteiger partial charge in [0.1, 0.15) is 0 Å². The van der Waals surface area contributed by atoms with Crippen LogP contribution in [0.1, 0.15) is 21.6 Å². The maximum absolute atomic E-state index is 12.1. The van der Waals surface area contributed by atoms with Crippen LogP contribution in [-0.2, 0) is 17.8 Å². The van der Waals surface area contributed by atoms with E-state index in [0.29, 0.717) is 28.8 Å². The standard InChI is InChI=1S/C19H18N4O3S/c1-26-17-9-13(7-8-20-17)11-21-16(24)10-15-12-27-19(22-15)23-18(25)14-5-3-2-4-6-14/h2-9,12H,10-11H2,1H3,(H,21,24)(H,22,23,25). The third-order valence-electron chi connectivity index (χ3n) is 3.65. The van der Waals surface area contributed by atoms with E-state index in [1.807, 2.05) is 12.1 Å². The molecule has 0 aliphatic heterocycles. The number of carbonyl (C=O) groups excluding carboxylic acids is 2. The van der Waals surface area contributed by atoms with E-state index in [1.165, 1.54) is 11.3 Å². The summed E-state index contributed by atoms with van der Waals surface area (Å²) in [6, 6.07) is 12.5. The summed E-state index contributed by atoms with van der Waals surface area (Å²) >= 11 is 1.29. The average Bonchev–Trinajstić information content (AvgIpc) is 3.13. The summed E-state index contributed by atoms with van der Waals surface area (Å²) in [6.07, 6.45) is 1.77. The summed E-state index contributed by atoms with van der Waals surface area (Å²) in [5.74, 6) is 0.115. The quantitative estimate of drug-likeness (QED) is 0.655. The van der Waals surface area contributed by atoms with Crippen LogP contribution in [0.2, 0.25) is 0 Å². The zero-order chi connectivity index (χ0) is 19.1. The van der Waals surface area contributed by atoms with Gasteiger partial charge in [0.15, 0.2) is 5.13 Å². The molecule has 0 saturated carbocycles. The Morgan fingerprint density at radius 3 is 2.78 bits per heavy atom. The largest absolute Gasteiger partial charge is 0.481 e. The molecule has 0 spiro atoms. The fraction of sp³-hybridized carbons (Fsp3) is 0.158. The normalized spacial score (nSPS) is 10.3. The van der Waals surface area contributed by atoms with Gasteiger partial charge in [-0.25, -0.2) is 9.97 Å². The van der Waals surface area contributed by atoms with E-state index in [-0.39, 0.29) is 18.2 Å². The van der Waals surface area contributed by atoms with Gasteiger partial charge in [0, 0.05) is 29.8 Å². The molecule has 2 N–H and O–H groups in total. The molecule has 0 aliphatic carbocycles. The Balaban J connectivity index is 1.51. The summed E-state index contributed by atoms with van der Waals surface area (Å²) in [7, 11) is 1.54. The van der Waals surface area contributed by atoms with Crippen molar-refractivity contribution >= 4 is 28.3 Å². The molecular weight excluding hydrogens is 364 g/mol. The van der Waals surface area contributed by atoms with Crippen molar-refractivity contribution in [3.63, 3.8) is 0 Å². The van der Waals surface area contributed by atoms with Gasteiger partial charge in [-0.3, -0.25) is 14.9 Å². The molecule has 3 aromatic rings. The van der Waals surface area contributed by atoms with Gasteiger partial charge in [-0.05, 0) is 23.8 Å².